The second kappa shape index (κ2) is 8.96. The molecule has 1 aliphatic rings. The normalized spacial score (nSPS) is 17.6. The van der Waals surface area contributed by atoms with Crippen molar-refractivity contribution in [1.29, 1.82) is 0 Å². The number of ether oxygens (including phenoxy) is 1. The first-order chi connectivity index (χ1) is 13.1. The highest BCUT2D eigenvalue weighted by molar-refractivity contribution is 7.90. The Kier molecular flexibility index (Phi) is 6.41. The number of benzene rings is 1. The molecule has 0 radical (unpaired) electrons. The number of aromatic nitrogens is 1. The Labute approximate surface area is 159 Å². The lowest BCUT2D eigenvalue weighted by Crippen LogP contribution is -2.44. The molecule has 1 N–H and O–H groups in total. The first-order valence-corrected chi connectivity index (χ1v) is 10.4. The third-order valence-corrected chi connectivity index (χ3v) is 5.93. The van der Waals surface area contributed by atoms with Gasteiger partial charge in [-0.2, -0.15) is 12.7 Å². The Balaban J connectivity index is 1.53. The van der Waals surface area contributed by atoms with E-state index in [-0.39, 0.29) is 6.61 Å². The standard InChI is InChI=1S/C19H23N3O4S/c23-19(26-14-6-8-16-7-4-12-20-15-16)18-11-5-13-22(18)27(24,25)21-17-9-2-1-3-10-17/h1-4,7,9-10,12,15,18,21H,5-6,8,11,13-14H2. The van der Waals surface area contributed by atoms with Crippen LogP contribution in [0, 0.1) is 0 Å². The molecule has 0 bridgehead atoms. The smallest absolute Gasteiger partial charge is 0.324 e. The van der Waals surface area contributed by atoms with Gasteiger partial charge in [-0.15, -0.1) is 0 Å². The maximum Gasteiger partial charge on any atom is 0.324 e. The first kappa shape index (κ1) is 19.3. The van der Waals surface area contributed by atoms with Crippen LogP contribution >= 0.6 is 0 Å². The van der Waals surface area contributed by atoms with Crippen LogP contribution < -0.4 is 4.72 Å². The summed E-state index contributed by atoms with van der Waals surface area (Å²) in [6.07, 6.45) is 6.01. The fourth-order valence-electron chi connectivity index (χ4n) is 3.07. The van der Waals surface area contributed by atoms with Crippen molar-refractivity contribution in [3.05, 3.63) is 60.4 Å². The Hall–Kier alpha value is -2.45. The molecule has 144 valence electrons. The summed E-state index contributed by atoms with van der Waals surface area (Å²) in [5, 5.41) is 0. The highest BCUT2D eigenvalue weighted by atomic mass is 32.2. The predicted octanol–water partition coefficient (Wildman–Crippen LogP) is 2.38. The van der Waals surface area contributed by atoms with Crippen LogP contribution in [0.5, 0.6) is 0 Å². The zero-order valence-corrected chi connectivity index (χ0v) is 15.8. The van der Waals surface area contributed by atoms with E-state index < -0.39 is 22.2 Å². The Morgan fingerprint density at radius 1 is 1.22 bits per heavy atom. The lowest BCUT2D eigenvalue weighted by molar-refractivity contribution is -0.147. The quantitative estimate of drug-likeness (QED) is 0.553. The summed E-state index contributed by atoms with van der Waals surface area (Å²) in [4.78, 5) is 16.4. The number of nitrogens with one attached hydrogen (secondary N) is 1. The van der Waals surface area contributed by atoms with Gasteiger partial charge in [-0.1, -0.05) is 24.3 Å². The number of pyridine rings is 1. The molecule has 7 nitrogen and oxygen atoms in total. The van der Waals surface area contributed by atoms with E-state index in [1.165, 1.54) is 4.31 Å². The minimum absolute atomic E-state index is 0.254. The van der Waals surface area contributed by atoms with Crippen LogP contribution in [0.2, 0.25) is 0 Å². The van der Waals surface area contributed by atoms with E-state index in [0.717, 1.165) is 12.0 Å². The molecule has 1 aromatic heterocycles. The summed E-state index contributed by atoms with van der Waals surface area (Å²) >= 11 is 0. The maximum atomic E-state index is 12.6. The minimum Gasteiger partial charge on any atom is -0.464 e. The SMILES string of the molecule is O=C(OCCCc1cccnc1)C1CCCN1S(=O)(=O)Nc1ccccc1. The van der Waals surface area contributed by atoms with E-state index >= 15 is 0 Å². The predicted molar refractivity (Wildman–Crippen MR) is 102 cm³/mol. The zero-order valence-electron chi connectivity index (χ0n) is 15.0. The van der Waals surface area contributed by atoms with Crippen molar-refractivity contribution in [2.75, 3.05) is 17.9 Å². The number of nitrogens with zero attached hydrogens (tertiary/aromatic N) is 2. The zero-order chi connectivity index (χ0) is 19.1. The van der Waals surface area contributed by atoms with Crippen molar-refractivity contribution in [1.82, 2.24) is 9.29 Å². The molecule has 1 aromatic carbocycles. The summed E-state index contributed by atoms with van der Waals surface area (Å²) < 4.78 is 34.3. The van der Waals surface area contributed by atoms with Crippen LogP contribution in [-0.2, 0) is 26.2 Å². The van der Waals surface area contributed by atoms with Crippen LogP contribution in [0.4, 0.5) is 5.69 Å². The van der Waals surface area contributed by atoms with Crippen molar-refractivity contribution in [3.8, 4) is 0 Å². The summed E-state index contributed by atoms with van der Waals surface area (Å²) in [5.74, 6) is -0.489. The van der Waals surface area contributed by atoms with Crippen LogP contribution in [0.1, 0.15) is 24.8 Å². The van der Waals surface area contributed by atoms with Crippen LogP contribution in [0.3, 0.4) is 0 Å². The van der Waals surface area contributed by atoms with Crippen LogP contribution in [-0.4, -0.2) is 42.9 Å². The molecule has 2 aromatic rings. The van der Waals surface area contributed by atoms with Crippen molar-refractivity contribution >= 4 is 21.9 Å². The van der Waals surface area contributed by atoms with E-state index in [0.29, 0.717) is 31.5 Å². The number of anilines is 1. The van der Waals surface area contributed by atoms with Gasteiger partial charge in [0.15, 0.2) is 0 Å². The lowest BCUT2D eigenvalue weighted by atomic mass is 10.2. The number of para-hydroxylation sites is 1. The highest BCUT2D eigenvalue weighted by Gasteiger charge is 2.39. The highest BCUT2D eigenvalue weighted by Crippen LogP contribution is 2.23. The molecule has 1 atom stereocenters. The molecule has 2 heterocycles. The monoisotopic (exact) mass is 389 g/mol. The van der Waals surface area contributed by atoms with E-state index in [9.17, 15) is 13.2 Å². The number of rotatable bonds is 8. The molecular formula is C19H23N3O4S. The summed E-state index contributed by atoms with van der Waals surface area (Å²) in [6, 6.07) is 11.7. The molecule has 0 saturated carbocycles. The largest absolute Gasteiger partial charge is 0.464 e. The lowest BCUT2D eigenvalue weighted by Gasteiger charge is -2.23. The van der Waals surface area contributed by atoms with Gasteiger partial charge in [0.1, 0.15) is 6.04 Å². The number of esters is 1. The third kappa shape index (κ3) is 5.27. The van der Waals surface area contributed by atoms with Gasteiger partial charge < -0.3 is 4.74 Å². The van der Waals surface area contributed by atoms with Crippen molar-refractivity contribution in [2.24, 2.45) is 0 Å². The van der Waals surface area contributed by atoms with Crippen LogP contribution in [0.15, 0.2) is 54.9 Å². The first-order valence-electron chi connectivity index (χ1n) is 8.96. The van der Waals surface area contributed by atoms with E-state index in [4.69, 9.17) is 4.74 Å². The number of hydrogen-bond acceptors (Lipinski definition) is 5. The molecule has 1 unspecified atom stereocenters. The molecule has 0 amide bonds. The fourth-order valence-corrected chi connectivity index (χ4v) is 4.52. The number of carbonyl (C=O) groups excluding carboxylic acids is 1. The fraction of sp³-hybridized carbons (Fsp3) is 0.368. The van der Waals surface area contributed by atoms with Gasteiger partial charge in [-0.3, -0.25) is 14.5 Å². The second-order valence-electron chi connectivity index (χ2n) is 6.37. The molecule has 0 aliphatic carbocycles. The van der Waals surface area contributed by atoms with Gasteiger partial charge in [0.05, 0.1) is 6.61 Å². The number of hydrogen-bond donors (Lipinski definition) is 1. The number of carbonyl (C=O) groups is 1. The molecule has 1 fully saturated rings. The molecule has 3 rings (SSSR count). The molecule has 27 heavy (non-hydrogen) atoms. The van der Waals surface area contributed by atoms with Gasteiger partial charge in [-0.25, -0.2) is 0 Å². The summed E-state index contributed by atoms with van der Waals surface area (Å²) in [7, 11) is -3.81. The Bertz CT molecular complexity index is 844. The Morgan fingerprint density at radius 2 is 2.04 bits per heavy atom. The summed E-state index contributed by atoms with van der Waals surface area (Å²) in [6.45, 7) is 0.557. The van der Waals surface area contributed by atoms with E-state index in [1.807, 2.05) is 12.1 Å². The average Bonchev–Trinajstić information content (AvgIpc) is 3.17. The van der Waals surface area contributed by atoms with Crippen molar-refractivity contribution in [3.63, 3.8) is 0 Å². The van der Waals surface area contributed by atoms with Crippen LogP contribution in [0.25, 0.3) is 0 Å². The minimum atomic E-state index is -3.81. The average molecular weight is 389 g/mol. The molecule has 8 heteroatoms. The van der Waals surface area contributed by atoms with Gasteiger partial charge in [0.25, 0.3) is 0 Å². The molecular weight excluding hydrogens is 366 g/mol. The van der Waals surface area contributed by atoms with Crippen molar-refractivity contribution < 1.29 is 17.9 Å². The molecule has 1 aliphatic heterocycles. The van der Waals surface area contributed by atoms with Crippen molar-refractivity contribution in [2.45, 2.75) is 31.7 Å². The molecule has 0 spiro atoms. The third-order valence-electron chi connectivity index (χ3n) is 4.38. The van der Waals surface area contributed by atoms with Gasteiger partial charge in [0, 0.05) is 24.6 Å². The second-order valence-corrected chi connectivity index (χ2v) is 8.00. The maximum absolute atomic E-state index is 12.6. The number of aryl methyl sites for hydroxylation is 1. The van der Waals surface area contributed by atoms with E-state index in [1.54, 1.807) is 42.7 Å². The van der Waals surface area contributed by atoms with Gasteiger partial charge in [-0.05, 0) is 49.4 Å². The topological polar surface area (TPSA) is 88.6 Å². The Morgan fingerprint density at radius 3 is 2.78 bits per heavy atom. The molecule has 1 saturated heterocycles. The van der Waals surface area contributed by atoms with E-state index in [2.05, 4.69) is 9.71 Å². The van der Waals surface area contributed by atoms with Gasteiger partial charge >= 0.3 is 16.2 Å². The van der Waals surface area contributed by atoms with Gasteiger partial charge in [0.2, 0.25) is 0 Å². The summed E-state index contributed by atoms with van der Waals surface area (Å²) in [5.41, 5.74) is 1.54.